The van der Waals surface area contributed by atoms with Crippen LogP contribution in [-0.2, 0) is 0 Å². The standard InChI is InChI=1S/C20H20FN3O2S/c1-2-27-11-10-26-17-5-3-4-14(12-17)19(25)18-13-23-24(20(18)22)16-8-6-15(21)7-9-16/h3-9,12-13H,2,10-11,22H2,1H3. The summed E-state index contributed by atoms with van der Waals surface area (Å²) in [5, 5.41) is 4.17. The summed E-state index contributed by atoms with van der Waals surface area (Å²) in [5.41, 5.74) is 7.46. The zero-order valence-electron chi connectivity index (χ0n) is 14.9. The molecule has 3 aromatic rings. The van der Waals surface area contributed by atoms with Crippen molar-refractivity contribution in [2.24, 2.45) is 0 Å². The summed E-state index contributed by atoms with van der Waals surface area (Å²) in [6.45, 7) is 2.68. The van der Waals surface area contributed by atoms with E-state index in [4.69, 9.17) is 10.5 Å². The Bertz CT molecular complexity index is 925. The van der Waals surface area contributed by atoms with Gasteiger partial charge in [-0.3, -0.25) is 4.79 Å². The van der Waals surface area contributed by atoms with Gasteiger partial charge in [0, 0.05) is 11.3 Å². The average molecular weight is 385 g/mol. The van der Waals surface area contributed by atoms with Crippen LogP contribution in [0.25, 0.3) is 5.69 Å². The smallest absolute Gasteiger partial charge is 0.198 e. The van der Waals surface area contributed by atoms with E-state index in [-0.39, 0.29) is 23.0 Å². The molecule has 0 aliphatic heterocycles. The molecule has 1 heterocycles. The minimum atomic E-state index is -0.352. The largest absolute Gasteiger partial charge is 0.493 e. The first kappa shape index (κ1) is 19.0. The van der Waals surface area contributed by atoms with Crippen molar-refractivity contribution in [3.63, 3.8) is 0 Å². The lowest BCUT2D eigenvalue weighted by Gasteiger charge is -2.08. The first-order valence-electron chi connectivity index (χ1n) is 8.55. The molecule has 0 atom stereocenters. The molecule has 0 saturated heterocycles. The summed E-state index contributed by atoms with van der Waals surface area (Å²) in [4.78, 5) is 12.8. The molecule has 0 aliphatic carbocycles. The Morgan fingerprint density at radius 2 is 2.04 bits per heavy atom. The van der Waals surface area contributed by atoms with Gasteiger partial charge in [-0.15, -0.1) is 0 Å². The normalized spacial score (nSPS) is 10.7. The number of hydrogen-bond acceptors (Lipinski definition) is 5. The van der Waals surface area contributed by atoms with E-state index in [9.17, 15) is 9.18 Å². The van der Waals surface area contributed by atoms with Gasteiger partial charge in [0.1, 0.15) is 17.4 Å². The highest BCUT2D eigenvalue weighted by Gasteiger charge is 2.18. The summed E-state index contributed by atoms with van der Waals surface area (Å²) >= 11 is 1.80. The zero-order valence-corrected chi connectivity index (χ0v) is 15.7. The Balaban J connectivity index is 1.79. The number of carbonyl (C=O) groups is 1. The van der Waals surface area contributed by atoms with Crippen LogP contribution in [0.3, 0.4) is 0 Å². The molecule has 0 fully saturated rings. The third-order valence-corrected chi connectivity index (χ3v) is 4.78. The first-order chi connectivity index (χ1) is 13.1. The molecule has 0 aliphatic rings. The number of hydrogen-bond donors (Lipinski definition) is 1. The molecule has 140 valence electrons. The fraction of sp³-hybridized carbons (Fsp3) is 0.200. The second-order valence-electron chi connectivity index (χ2n) is 5.73. The molecular formula is C20H20FN3O2S. The third-order valence-electron chi connectivity index (χ3n) is 3.92. The molecule has 0 spiro atoms. The molecule has 1 aromatic heterocycles. The minimum absolute atomic E-state index is 0.206. The van der Waals surface area contributed by atoms with E-state index < -0.39 is 0 Å². The topological polar surface area (TPSA) is 70.1 Å². The summed E-state index contributed by atoms with van der Waals surface area (Å²) < 4.78 is 20.2. The van der Waals surface area contributed by atoms with Gasteiger partial charge >= 0.3 is 0 Å². The third kappa shape index (κ3) is 4.49. The maximum absolute atomic E-state index is 13.1. The minimum Gasteiger partial charge on any atom is -0.493 e. The SMILES string of the molecule is CCSCCOc1cccc(C(=O)c2cnn(-c3ccc(F)cc3)c2N)c1. The highest BCUT2D eigenvalue weighted by molar-refractivity contribution is 7.99. The lowest BCUT2D eigenvalue weighted by atomic mass is 10.1. The van der Waals surface area contributed by atoms with Crippen LogP contribution < -0.4 is 10.5 Å². The molecule has 0 saturated carbocycles. The number of benzene rings is 2. The highest BCUT2D eigenvalue weighted by Crippen LogP contribution is 2.22. The number of ether oxygens (including phenoxy) is 1. The van der Waals surface area contributed by atoms with Crippen molar-refractivity contribution in [2.45, 2.75) is 6.92 Å². The Labute approximate surface area is 161 Å². The number of nitrogens with zero attached hydrogens (tertiary/aromatic N) is 2. The predicted molar refractivity (Wildman–Crippen MR) is 106 cm³/mol. The van der Waals surface area contributed by atoms with Crippen molar-refractivity contribution in [3.05, 3.63) is 71.7 Å². The van der Waals surface area contributed by atoms with Crippen molar-refractivity contribution >= 4 is 23.4 Å². The number of anilines is 1. The van der Waals surface area contributed by atoms with Crippen molar-refractivity contribution in [2.75, 3.05) is 23.8 Å². The summed E-state index contributed by atoms with van der Waals surface area (Å²) in [6, 6.07) is 12.7. The van der Waals surface area contributed by atoms with Gasteiger partial charge in [-0.05, 0) is 42.2 Å². The van der Waals surface area contributed by atoms with E-state index in [1.54, 1.807) is 42.1 Å². The highest BCUT2D eigenvalue weighted by atomic mass is 32.2. The molecule has 5 nitrogen and oxygen atoms in total. The molecule has 2 N–H and O–H groups in total. The number of ketones is 1. The van der Waals surface area contributed by atoms with Crippen LogP contribution in [0.15, 0.2) is 54.7 Å². The van der Waals surface area contributed by atoms with Crippen LogP contribution >= 0.6 is 11.8 Å². The van der Waals surface area contributed by atoms with Gasteiger partial charge in [0.15, 0.2) is 5.78 Å². The van der Waals surface area contributed by atoms with Crippen molar-refractivity contribution in [3.8, 4) is 11.4 Å². The molecule has 0 unspecified atom stereocenters. The molecule has 27 heavy (non-hydrogen) atoms. The van der Waals surface area contributed by atoms with Crippen LogP contribution in [0.4, 0.5) is 10.2 Å². The number of carbonyl (C=O) groups excluding carboxylic acids is 1. The van der Waals surface area contributed by atoms with Crippen LogP contribution in [0.1, 0.15) is 22.8 Å². The van der Waals surface area contributed by atoms with E-state index in [1.807, 2.05) is 6.07 Å². The monoisotopic (exact) mass is 385 g/mol. The fourth-order valence-corrected chi connectivity index (χ4v) is 3.06. The van der Waals surface area contributed by atoms with E-state index in [0.29, 0.717) is 23.6 Å². The Hall–Kier alpha value is -2.80. The second-order valence-corrected chi connectivity index (χ2v) is 7.13. The van der Waals surface area contributed by atoms with Crippen molar-refractivity contribution in [1.29, 1.82) is 0 Å². The zero-order chi connectivity index (χ0) is 19.2. The van der Waals surface area contributed by atoms with Crippen LogP contribution in [0, 0.1) is 5.82 Å². The van der Waals surface area contributed by atoms with E-state index >= 15 is 0 Å². The molecule has 3 rings (SSSR count). The number of halogens is 1. The van der Waals surface area contributed by atoms with E-state index in [0.717, 1.165) is 11.5 Å². The lowest BCUT2D eigenvalue weighted by molar-refractivity contribution is 0.103. The first-order valence-corrected chi connectivity index (χ1v) is 9.70. The lowest BCUT2D eigenvalue weighted by Crippen LogP contribution is -2.08. The Kier molecular flexibility index (Phi) is 6.13. The number of rotatable bonds is 8. The maximum Gasteiger partial charge on any atom is 0.198 e. The number of nitrogen functional groups attached to an aromatic ring is 1. The van der Waals surface area contributed by atoms with Gasteiger partial charge in [0.05, 0.1) is 24.1 Å². The maximum atomic E-state index is 13.1. The van der Waals surface area contributed by atoms with E-state index in [2.05, 4.69) is 12.0 Å². The van der Waals surface area contributed by atoms with Gasteiger partial charge in [0.2, 0.25) is 0 Å². The van der Waals surface area contributed by atoms with E-state index in [1.165, 1.54) is 23.0 Å². The molecule has 0 radical (unpaired) electrons. The summed E-state index contributed by atoms with van der Waals surface area (Å²) in [7, 11) is 0. The summed E-state index contributed by atoms with van der Waals surface area (Å²) in [6.07, 6.45) is 1.42. The average Bonchev–Trinajstić information content (AvgIpc) is 3.07. The quantitative estimate of drug-likeness (QED) is 0.470. The summed E-state index contributed by atoms with van der Waals surface area (Å²) in [5.74, 6) is 2.19. The second kappa shape index (κ2) is 8.73. The number of nitrogens with two attached hydrogens (primary N) is 1. The Morgan fingerprint density at radius 3 is 2.78 bits per heavy atom. The number of thioether (sulfide) groups is 1. The van der Waals surface area contributed by atoms with Crippen LogP contribution in [0.5, 0.6) is 5.75 Å². The molecule has 2 aromatic carbocycles. The Morgan fingerprint density at radius 1 is 1.26 bits per heavy atom. The fourth-order valence-electron chi connectivity index (χ4n) is 2.57. The predicted octanol–water partition coefficient (Wildman–Crippen LogP) is 3.96. The van der Waals surface area contributed by atoms with Crippen molar-refractivity contribution in [1.82, 2.24) is 9.78 Å². The molecule has 0 amide bonds. The van der Waals surface area contributed by atoms with Gasteiger partial charge < -0.3 is 10.5 Å². The van der Waals surface area contributed by atoms with Gasteiger partial charge in [0.25, 0.3) is 0 Å². The van der Waals surface area contributed by atoms with Gasteiger partial charge in [-0.25, -0.2) is 9.07 Å². The van der Waals surface area contributed by atoms with Crippen LogP contribution in [0.2, 0.25) is 0 Å². The van der Waals surface area contributed by atoms with Gasteiger partial charge in [-0.1, -0.05) is 19.1 Å². The van der Waals surface area contributed by atoms with Gasteiger partial charge in [-0.2, -0.15) is 16.9 Å². The van der Waals surface area contributed by atoms with Crippen LogP contribution in [-0.4, -0.2) is 33.7 Å². The van der Waals surface area contributed by atoms with Crippen molar-refractivity contribution < 1.29 is 13.9 Å². The molecular weight excluding hydrogens is 365 g/mol. The molecule has 7 heteroatoms. The number of aromatic nitrogens is 2. The molecule has 0 bridgehead atoms.